The van der Waals surface area contributed by atoms with Crippen LogP contribution in [0.3, 0.4) is 0 Å². The predicted molar refractivity (Wildman–Crippen MR) is 59.4 cm³/mol. The minimum absolute atomic E-state index is 0.553. The highest BCUT2D eigenvalue weighted by atomic mass is 32.1. The third-order valence-corrected chi connectivity index (χ3v) is 3.36. The van der Waals surface area contributed by atoms with E-state index < -0.39 is 11.4 Å². The zero-order valence-electron chi connectivity index (χ0n) is 8.78. The highest BCUT2D eigenvalue weighted by Crippen LogP contribution is 2.30. The van der Waals surface area contributed by atoms with Gasteiger partial charge in [0.1, 0.15) is 5.41 Å². The molecule has 5 heteroatoms. The Hall–Kier alpha value is -1.10. The molecule has 0 saturated heterocycles. The molecule has 0 spiro atoms. The zero-order chi connectivity index (χ0) is 11.1. The molecule has 1 aromatic rings. The van der Waals surface area contributed by atoms with E-state index in [0.29, 0.717) is 11.7 Å². The van der Waals surface area contributed by atoms with Gasteiger partial charge in [-0.3, -0.25) is 4.79 Å². The first-order valence-electron chi connectivity index (χ1n) is 4.96. The van der Waals surface area contributed by atoms with Crippen LogP contribution in [-0.2, 0) is 10.2 Å². The van der Waals surface area contributed by atoms with Crippen molar-refractivity contribution in [2.45, 2.75) is 38.1 Å². The van der Waals surface area contributed by atoms with Crippen molar-refractivity contribution >= 4 is 22.4 Å². The lowest BCUT2D eigenvalue weighted by atomic mass is 9.90. The van der Waals surface area contributed by atoms with Crippen LogP contribution in [0, 0.1) is 0 Å². The number of rotatable bonds is 4. The smallest absolute Gasteiger partial charge is 0.315 e. The van der Waals surface area contributed by atoms with Gasteiger partial charge in [-0.1, -0.05) is 0 Å². The molecular weight excluding hydrogens is 212 g/mol. The van der Waals surface area contributed by atoms with Crippen molar-refractivity contribution in [2.24, 2.45) is 0 Å². The zero-order valence-corrected chi connectivity index (χ0v) is 9.60. The molecule has 0 radical (unpaired) electrons. The molecule has 1 aliphatic rings. The van der Waals surface area contributed by atoms with Crippen molar-refractivity contribution < 1.29 is 9.90 Å². The number of hydrogen-bond donors (Lipinski definition) is 2. The summed E-state index contributed by atoms with van der Waals surface area (Å²) in [5, 5.41) is 15.0. The number of carboxylic acids is 1. The molecular formula is C10H14N2O2S. The lowest BCUT2D eigenvalue weighted by Crippen LogP contribution is -2.28. The van der Waals surface area contributed by atoms with Gasteiger partial charge in [-0.15, -0.1) is 11.3 Å². The molecule has 1 saturated carbocycles. The minimum Gasteiger partial charge on any atom is -0.481 e. The molecule has 15 heavy (non-hydrogen) atoms. The van der Waals surface area contributed by atoms with Crippen molar-refractivity contribution in [2.75, 3.05) is 5.32 Å². The second-order valence-electron chi connectivity index (χ2n) is 4.39. The summed E-state index contributed by atoms with van der Waals surface area (Å²) >= 11 is 1.48. The third kappa shape index (κ3) is 2.12. The predicted octanol–water partition coefficient (Wildman–Crippen LogP) is 2.08. The summed E-state index contributed by atoms with van der Waals surface area (Å²) in [4.78, 5) is 15.3. The average molecular weight is 226 g/mol. The summed E-state index contributed by atoms with van der Waals surface area (Å²) in [6.07, 6.45) is 2.38. The van der Waals surface area contributed by atoms with Crippen molar-refractivity contribution in [3.63, 3.8) is 0 Å². The molecule has 0 atom stereocenters. The Bertz CT molecular complexity index is 383. The van der Waals surface area contributed by atoms with E-state index in [1.807, 2.05) is 5.38 Å². The van der Waals surface area contributed by atoms with Crippen LogP contribution in [0.5, 0.6) is 0 Å². The number of nitrogens with zero attached hydrogens (tertiary/aromatic N) is 1. The van der Waals surface area contributed by atoms with E-state index in [2.05, 4.69) is 10.3 Å². The van der Waals surface area contributed by atoms with E-state index in [1.54, 1.807) is 13.8 Å². The highest BCUT2D eigenvalue weighted by Gasteiger charge is 2.32. The fourth-order valence-electron chi connectivity index (χ4n) is 1.14. The van der Waals surface area contributed by atoms with Gasteiger partial charge in [0.05, 0.1) is 5.69 Å². The Morgan fingerprint density at radius 1 is 1.67 bits per heavy atom. The van der Waals surface area contributed by atoms with Gasteiger partial charge in [0.2, 0.25) is 0 Å². The number of nitrogens with one attached hydrogen (secondary N) is 1. The molecule has 1 fully saturated rings. The maximum absolute atomic E-state index is 11.0. The summed E-state index contributed by atoms with van der Waals surface area (Å²) < 4.78 is 0. The second-order valence-corrected chi connectivity index (χ2v) is 5.24. The number of anilines is 1. The molecule has 2 N–H and O–H groups in total. The molecule has 4 nitrogen and oxygen atoms in total. The van der Waals surface area contributed by atoms with Gasteiger partial charge >= 0.3 is 5.97 Å². The molecule has 0 bridgehead atoms. The van der Waals surface area contributed by atoms with Gasteiger partial charge in [0.25, 0.3) is 0 Å². The number of aromatic nitrogens is 1. The van der Waals surface area contributed by atoms with E-state index in [0.717, 1.165) is 5.13 Å². The highest BCUT2D eigenvalue weighted by molar-refractivity contribution is 7.13. The monoisotopic (exact) mass is 226 g/mol. The van der Waals surface area contributed by atoms with E-state index >= 15 is 0 Å². The lowest BCUT2D eigenvalue weighted by molar-refractivity contribution is -0.142. The van der Waals surface area contributed by atoms with Gasteiger partial charge in [-0.25, -0.2) is 4.98 Å². The number of carboxylic acid groups (broad SMARTS) is 1. The molecule has 1 aliphatic carbocycles. The molecule has 0 aromatic carbocycles. The molecule has 2 rings (SSSR count). The quantitative estimate of drug-likeness (QED) is 0.825. The summed E-state index contributed by atoms with van der Waals surface area (Å²) in [5.41, 5.74) is -0.275. The molecule has 82 valence electrons. The van der Waals surface area contributed by atoms with E-state index in [9.17, 15) is 4.79 Å². The van der Waals surface area contributed by atoms with Crippen LogP contribution in [0.15, 0.2) is 5.38 Å². The Morgan fingerprint density at radius 3 is 2.87 bits per heavy atom. The fourth-order valence-corrected chi connectivity index (χ4v) is 2.10. The Balaban J connectivity index is 2.14. The van der Waals surface area contributed by atoms with Gasteiger partial charge < -0.3 is 10.4 Å². The second kappa shape index (κ2) is 3.48. The average Bonchev–Trinajstić information content (AvgIpc) is 2.81. The van der Waals surface area contributed by atoms with Crippen molar-refractivity contribution in [1.82, 2.24) is 4.98 Å². The van der Waals surface area contributed by atoms with Gasteiger partial charge in [0, 0.05) is 11.4 Å². The number of thiazole rings is 1. The van der Waals surface area contributed by atoms with Crippen LogP contribution in [0.1, 0.15) is 32.4 Å². The van der Waals surface area contributed by atoms with Gasteiger partial charge in [-0.2, -0.15) is 0 Å². The molecule has 0 unspecified atom stereocenters. The van der Waals surface area contributed by atoms with Gasteiger partial charge in [-0.05, 0) is 26.7 Å². The Morgan fingerprint density at radius 2 is 2.33 bits per heavy atom. The van der Waals surface area contributed by atoms with E-state index in [-0.39, 0.29) is 0 Å². The summed E-state index contributed by atoms with van der Waals surface area (Å²) in [6.45, 7) is 3.34. The minimum atomic E-state index is -0.903. The first-order chi connectivity index (χ1) is 7.00. The van der Waals surface area contributed by atoms with Crippen LogP contribution in [0.25, 0.3) is 0 Å². The van der Waals surface area contributed by atoms with Crippen LogP contribution in [0.4, 0.5) is 5.13 Å². The molecule has 0 amide bonds. The van der Waals surface area contributed by atoms with Gasteiger partial charge in [0.15, 0.2) is 5.13 Å². The van der Waals surface area contributed by atoms with E-state index in [4.69, 9.17) is 5.11 Å². The Kier molecular flexibility index (Phi) is 2.42. The van der Waals surface area contributed by atoms with Crippen LogP contribution >= 0.6 is 11.3 Å². The SMILES string of the molecule is CC(C)(C(=O)O)c1csc(NC2CC2)n1. The number of hydrogen-bond acceptors (Lipinski definition) is 4. The maximum atomic E-state index is 11.0. The fraction of sp³-hybridized carbons (Fsp3) is 0.600. The maximum Gasteiger partial charge on any atom is 0.315 e. The molecule has 0 aliphatic heterocycles. The number of aliphatic carboxylic acids is 1. The van der Waals surface area contributed by atoms with Crippen LogP contribution < -0.4 is 5.32 Å². The topological polar surface area (TPSA) is 62.2 Å². The standard InChI is InChI=1S/C10H14N2O2S/c1-10(2,8(13)14)7-5-15-9(12-7)11-6-3-4-6/h5-6H,3-4H2,1-2H3,(H,11,12)(H,13,14). The third-order valence-electron chi connectivity index (χ3n) is 2.58. The number of carbonyl (C=O) groups is 1. The van der Waals surface area contributed by atoms with Crippen molar-refractivity contribution in [3.05, 3.63) is 11.1 Å². The first kappa shape index (κ1) is 10.4. The van der Waals surface area contributed by atoms with Crippen molar-refractivity contribution in [3.8, 4) is 0 Å². The summed E-state index contributed by atoms with van der Waals surface area (Å²) in [7, 11) is 0. The molecule has 1 heterocycles. The van der Waals surface area contributed by atoms with E-state index in [1.165, 1.54) is 24.2 Å². The lowest BCUT2D eigenvalue weighted by Gasteiger charge is -2.15. The Labute approximate surface area is 92.3 Å². The van der Waals surface area contributed by atoms with Crippen LogP contribution in [0.2, 0.25) is 0 Å². The summed E-state index contributed by atoms with van der Waals surface area (Å²) in [5.74, 6) is -0.842. The van der Waals surface area contributed by atoms with Crippen LogP contribution in [-0.4, -0.2) is 22.1 Å². The molecule has 1 aromatic heterocycles. The normalized spacial score (nSPS) is 16.4. The first-order valence-corrected chi connectivity index (χ1v) is 5.84. The van der Waals surface area contributed by atoms with Crippen molar-refractivity contribution in [1.29, 1.82) is 0 Å². The summed E-state index contributed by atoms with van der Waals surface area (Å²) in [6, 6.07) is 0.553. The largest absolute Gasteiger partial charge is 0.481 e.